The first kappa shape index (κ1) is 32.6. The van der Waals surface area contributed by atoms with Crippen molar-refractivity contribution in [3.8, 4) is 0 Å². The van der Waals surface area contributed by atoms with Crippen LogP contribution in [0.4, 0.5) is 23.2 Å². The maximum absolute atomic E-state index is 14.4. The van der Waals surface area contributed by atoms with Gasteiger partial charge < -0.3 is 10.2 Å². The number of nitrogens with one attached hydrogen (secondary N) is 1. The molecule has 1 aliphatic carbocycles. The molecular weight excluding hydrogens is 648 g/mol. The molecule has 48 heavy (non-hydrogen) atoms. The summed E-state index contributed by atoms with van der Waals surface area (Å²) in [6.45, 7) is 2.57. The van der Waals surface area contributed by atoms with Crippen molar-refractivity contribution in [2.75, 3.05) is 37.0 Å². The number of alkyl halides is 3. The van der Waals surface area contributed by atoms with E-state index in [4.69, 9.17) is 0 Å². The van der Waals surface area contributed by atoms with E-state index < -0.39 is 44.9 Å². The predicted molar refractivity (Wildman–Crippen MR) is 170 cm³/mol. The topological polar surface area (TPSA) is 90.0 Å². The van der Waals surface area contributed by atoms with Gasteiger partial charge in [-0.25, -0.2) is 12.8 Å². The van der Waals surface area contributed by atoms with E-state index in [0.29, 0.717) is 37.2 Å². The molecule has 13 heteroatoms. The molecule has 1 saturated carbocycles. The number of carbonyl (C=O) groups is 2. The summed E-state index contributed by atoms with van der Waals surface area (Å²) in [5, 5.41) is 2.62. The molecule has 1 N–H and O–H groups in total. The van der Waals surface area contributed by atoms with Crippen molar-refractivity contribution in [1.29, 1.82) is 0 Å². The van der Waals surface area contributed by atoms with Gasteiger partial charge in [-0.05, 0) is 111 Å². The number of likely N-dealkylation sites (tertiary alicyclic amines) is 2. The van der Waals surface area contributed by atoms with E-state index in [2.05, 4.69) is 10.2 Å². The molecule has 3 heterocycles. The maximum atomic E-state index is 14.4. The van der Waals surface area contributed by atoms with Crippen LogP contribution in [0.3, 0.4) is 0 Å². The summed E-state index contributed by atoms with van der Waals surface area (Å²) in [6, 6.07) is 14.2. The first-order valence-corrected chi connectivity index (χ1v) is 17.7. The highest BCUT2D eigenvalue weighted by atomic mass is 32.2. The fourth-order valence-corrected chi connectivity index (χ4v) is 9.41. The molecule has 7 rings (SSSR count). The summed E-state index contributed by atoms with van der Waals surface area (Å²) in [6.07, 6.45) is -0.815. The first-order valence-electron chi connectivity index (χ1n) is 16.3. The lowest BCUT2D eigenvalue weighted by molar-refractivity contribution is -0.138. The van der Waals surface area contributed by atoms with Gasteiger partial charge in [0.05, 0.1) is 28.7 Å². The standard InChI is InChI=1S/C35H36F4N4O4S/c36-26-9-11-27(12-10-26)48(46,47)43-30-13-8-24(33(45)40-21-25-4-1-2-5-28(25)35(37,38)39)20-29(30)34(32(43)23-6-7-23)14-18-41(19-15-34)22-31(44)42-16-3-17-42/h1-2,4-5,8-13,20,23,32H,3,6-7,14-19,21-22H2,(H,40,45). The number of rotatable bonds is 8. The van der Waals surface area contributed by atoms with E-state index in [9.17, 15) is 35.6 Å². The van der Waals surface area contributed by atoms with Crippen LogP contribution in [0, 0.1) is 11.7 Å². The molecule has 2 amide bonds. The van der Waals surface area contributed by atoms with Gasteiger partial charge in [-0.2, -0.15) is 13.2 Å². The average molecular weight is 685 g/mol. The molecule has 3 fully saturated rings. The lowest BCUT2D eigenvalue weighted by Crippen LogP contribution is -2.55. The SMILES string of the molecule is O=C(NCc1ccccc1C(F)(F)F)c1ccc2c(c1)C1(CCN(CC(=O)N3CCC3)CC1)C(C1CC1)N2S(=O)(=O)c1ccc(F)cc1. The zero-order valence-electron chi connectivity index (χ0n) is 26.2. The fraction of sp³-hybridized carbons (Fsp3) is 0.429. The predicted octanol–water partition coefficient (Wildman–Crippen LogP) is 5.33. The Labute approximate surface area is 276 Å². The van der Waals surface area contributed by atoms with E-state index >= 15 is 0 Å². The third-order valence-corrected chi connectivity index (χ3v) is 12.2. The van der Waals surface area contributed by atoms with Crippen molar-refractivity contribution < 1.29 is 35.6 Å². The Kier molecular flexibility index (Phi) is 8.26. The van der Waals surface area contributed by atoms with E-state index in [-0.39, 0.29) is 40.9 Å². The molecule has 0 aromatic heterocycles. The Morgan fingerprint density at radius 1 is 0.917 bits per heavy atom. The van der Waals surface area contributed by atoms with Crippen molar-refractivity contribution in [1.82, 2.24) is 15.1 Å². The van der Waals surface area contributed by atoms with Crippen LogP contribution in [0.5, 0.6) is 0 Å². The molecule has 1 atom stereocenters. The van der Waals surface area contributed by atoms with E-state index in [1.165, 1.54) is 40.7 Å². The highest BCUT2D eigenvalue weighted by Gasteiger charge is 2.60. The second kappa shape index (κ2) is 12.2. The molecule has 3 aromatic carbocycles. The van der Waals surface area contributed by atoms with Gasteiger partial charge in [0.2, 0.25) is 5.91 Å². The quantitative estimate of drug-likeness (QED) is 0.325. The minimum absolute atomic E-state index is 0.0414. The molecule has 8 nitrogen and oxygen atoms in total. The number of benzene rings is 3. The van der Waals surface area contributed by atoms with Gasteiger partial charge in [0.1, 0.15) is 5.82 Å². The lowest BCUT2D eigenvalue weighted by Gasteiger charge is -2.45. The van der Waals surface area contributed by atoms with Gasteiger partial charge >= 0.3 is 6.18 Å². The van der Waals surface area contributed by atoms with Gasteiger partial charge in [-0.1, -0.05) is 18.2 Å². The van der Waals surface area contributed by atoms with Gasteiger partial charge in [0.15, 0.2) is 0 Å². The third kappa shape index (κ3) is 5.84. The van der Waals surface area contributed by atoms with Gasteiger partial charge in [0, 0.05) is 30.6 Å². The Balaban J connectivity index is 1.23. The summed E-state index contributed by atoms with van der Waals surface area (Å²) in [7, 11) is -4.15. The van der Waals surface area contributed by atoms with Gasteiger partial charge in [0.25, 0.3) is 15.9 Å². The van der Waals surface area contributed by atoms with Crippen molar-refractivity contribution in [3.63, 3.8) is 0 Å². The first-order chi connectivity index (χ1) is 22.9. The number of hydrogen-bond acceptors (Lipinski definition) is 5. The van der Waals surface area contributed by atoms with Crippen LogP contribution in [0.25, 0.3) is 0 Å². The van der Waals surface area contributed by atoms with Gasteiger partial charge in [-0.15, -0.1) is 0 Å². The fourth-order valence-electron chi connectivity index (χ4n) is 7.62. The number of amides is 2. The van der Waals surface area contributed by atoms with Crippen LogP contribution in [0.15, 0.2) is 71.6 Å². The number of hydrogen-bond donors (Lipinski definition) is 1. The number of carbonyl (C=O) groups excluding carboxylic acids is 2. The van der Waals surface area contributed by atoms with Crippen LogP contribution in [-0.4, -0.2) is 68.8 Å². The summed E-state index contributed by atoms with van der Waals surface area (Å²) < 4.78 is 84.8. The highest BCUT2D eigenvalue weighted by molar-refractivity contribution is 7.92. The van der Waals surface area contributed by atoms with E-state index in [0.717, 1.165) is 50.6 Å². The van der Waals surface area contributed by atoms with Crippen LogP contribution < -0.4 is 9.62 Å². The van der Waals surface area contributed by atoms with Gasteiger partial charge in [-0.3, -0.25) is 18.8 Å². The number of piperidine rings is 1. The second-order valence-corrected chi connectivity index (χ2v) is 15.1. The third-order valence-electron chi connectivity index (χ3n) is 10.4. The summed E-state index contributed by atoms with van der Waals surface area (Å²) in [5.74, 6) is -0.989. The molecule has 1 unspecified atom stereocenters. The molecule has 0 radical (unpaired) electrons. The van der Waals surface area contributed by atoms with Crippen LogP contribution in [0.2, 0.25) is 0 Å². The van der Waals surface area contributed by atoms with Crippen molar-refractivity contribution >= 4 is 27.5 Å². The number of halogens is 4. The minimum Gasteiger partial charge on any atom is -0.348 e. The smallest absolute Gasteiger partial charge is 0.348 e. The summed E-state index contributed by atoms with van der Waals surface area (Å²) in [4.78, 5) is 30.1. The maximum Gasteiger partial charge on any atom is 0.416 e. The normalized spacial score (nSPS) is 20.8. The van der Waals surface area contributed by atoms with E-state index in [1.54, 1.807) is 12.1 Å². The highest BCUT2D eigenvalue weighted by Crippen LogP contribution is 2.59. The molecular formula is C35H36F4N4O4S. The van der Waals surface area contributed by atoms with Crippen LogP contribution in [0.1, 0.15) is 59.2 Å². The molecule has 254 valence electrons. The van der Waals surface area contributed by atoms with Crippen LogP contribution >= 0.6 is 0 Å². The summed E-state index contributed by atoms with van der Waals surface area (Å²) in [5.41, 5.74) is -0.210. The Morgan fingerprint density at radius 3 is 2.23 bits per heavy atom. The number of anilines is 1. The Hall–Kier alpha value is -3.97. The Bertz CT molecular complexity index is 1830. The minimum atomic E-state index is -4.58. The Morgan fingerprint density at radius 2 is 1.60 bits per heavy atom. The number of sulfonamides is 1. The zero-order chi connectivity index (χ0) is 33.8. The van der Waals surface area contributed by atoms with Crippen molar-refractivity contribution in [3.05, 3.63) is 94.8 Å². The van der Waals surface area contributed by atoms with Crippen LogP contribution in [-0.2, 0) is 33.0 Å². The second-order valence-electron chi connectivity index (χ2n) is 13.3. The molecule has 3 aromatic rings. The number of nitrogens with zero attached hydrogens (tertiary/aromatic N) is 3. The average Bonchev–Trinajstić information content (AvgIpc) is 3.83. The van der Waals surface area contributed by atoms with Crippen molar-refractivity contribution in [2.45, 2.75) is 61.2 Å². The van der Waals surface area contributed by atoms with Crippen molar-refractivity contribution in [2.24, 2.45) is 5.92 Å². The molecule has 0 bridgehead atoms. The summed E-state index contributed by atoms with van der Waals surface area (Å²) >= 11 is 0. The molecule has 4 aliphatic rings. The molecule has 1 spiro atoms. The largest absolute Gasteiger partial charge is 0.416 e. The number of fused-ring (bicyclic) bond motifs is 2. The molecule has 2 saturated heterocycles. The van der Waals surface area contributed by atoms with E-state index in [1.807, 2.05) is 4.90 Å². The lowest BCUT2D eigenvalue weighted by atomic mass is 9.68. The molecule has 3 aliphatic heterocycles. The zero-order valence-corrected chi connectivity index (χ0v) is 27.0. The monoisotopic (exact) mass is 684 g/mol.